The van der Waals surface area contributed by atoms with Gasteiger partial charge in [-0.05, 0) is 35.2 Å². The first-order valence-electron chi connectivity index (χ1n) is 9.12. The lowest BCUT2D eigenvalue weighted by Crippen LogP contribution is -2.52. The maximum absolute atomic E-state index is 12.4. The molecule has 3 rings (SSSR count). The zero-order chi connectivity index (χ0) is 19.9. The topological polar surface area (TPSA) is 104 Å². The van der Waals surface area contributed by atoms with E-state index in [1.54, 1.807) is 12.1 Å². The number of nitrogens with one attached hydrogen (secondary N) is 2. The summed E-state index contributed by atoms with van der Waals surface area (Å²) in [5.41, 5.74) is 12.0. The summed E-state index contributed by atoms with van der Waals surface area (Å²) in [6.07, 6.45) is -0.332. The van der Waals surface area contributed by atoms with Crippen LogP contribution < -0.4 is 16.6 Å². The molecule has 144 valence electrons. The average Bonchev–Trinajstić information content (AvgIpc) is 2.75. The molecule has 0 aliphatic rings. The predicted octanol–water partition coefficient (Wildman–Crippen LogP) is 1.92. The van der Waals surface area contributed by atoms with Gasteiger partial charge in [-0.25, -0.2) is 0 Å². The molecule has 0 radical (unpaired) electrons. The summed E-state index contributed by atoms with van der Waals surface area (Å²) >= 11 is 0. The van der Waals surface area contributed by atoms with E-state index < -0.39 is 24.0 Å². The number of fused-ring (bicyclic) bond motifs is 1. The van der Waals surface area contributed by atoms with Crippen molar-refractivity contribution >= 4 is 22.6 Å². The maximum atomic E-state index is 12.4. The van der Waals surface area contributed by atoms with Gasteiger partial charge in [-0.15, -0.1) is 0 Å². The molecule has 0 fully saturated rings. The molecular weight excluding hydrogens is 354 g/mol. The van der Waals surface area contributed by atoms with Crippen molar-refractivity contribution < 1.29 is 14.7 Å². The Balaban J connectivity index is 1.54. The van der Waals surface area contributed by atoms with E-state index in [2.05, 4.69) is 10.9 Å². The van der Waals surface area contributed by atoms with Gasteiger partial charge in [0.15, 0.2) is 0 Å². The Bertz CT molecular complexity index is 954. The number of aliphatic hydroxyl groups is 1. The summed E-state index contributed by atoms with van der Waals surface area (Å²) in [5, 5.41) is 11.8. The number of amides is 2. The predicted molar refractivity (Wildman–Crippen MR) is 108 cm³/mol. The summed E-state index contributed by atoms with van der Waals surface area (Å²) in [7, 11) is 0. The van der Waals surface area contributed by atoms with Crippen LogP contribution in [0.5, 0.6) is 0 Å². The van der Waals surface area contributed by atoms with Crippen molar-refractivity contribution in [2.45, 2.75) is 25.0 Å². The number of hydrogen-bond acceptors (Lipinski definition) is 4. The quantitative estimate of drug-likeness (QED) is 0.493. The second-order valence-corrected chi connectivity index (χ2v) is 6.60. The number of carbonyl (C=O) groups excluding carboxylic acids is 2. The molecule has 0 aromatic heterocycles. The van der Waals surface area contributed by atoms with E-state index in [1.807, 2.05) is 60.7 Å². The second kappa shape index (κ2) is 9.12. The van der Waals surface area contributed by atoms with E-state index in [1.165, 1.54) is 0 Å². The highest BCUT2D eigenvalue weighted by molar-refractivity contribution is 6.07. The molecule has 0 aliphatic heterocycles. The molecule has 0 saturated carbocycles. The van der Waals surface area contributed by atoms with Crippen molar-refractivity contribution in [2.24, 2.45) is 5.73 Å². The molecule has 2 atom stereocenters. The van der Waals surface area contributed by atoms with E-state index in [-0.39, 0.29) is 0 Å². The van der Waals surface area contributed by atoms with Gasteiger partial charge in [0.05, 0.1) is 0 Å². The Morgan fingerprint density at radius 1 is 0.893 bits per heavy atom. The van der Waals surface area contributed by atoms with Crippen LogP contribution in [0.1, 0.15) is 22.3 Å². The molecule has 6 heteroatoms. The third-order valence-corrected chi connectivity index (χ3v) is 4.62. The first-order valence-corrected chi connectivity index (χ1v) is 9.12. The molecule has 28 heavy (non-hydrogen) atoms. The standard InChI is InChI=1S/C22H23N3O3/c23-19(14-13-15-7-2-1-3-8-15)20(26)22(28)25-24-21(27)18-12-6-10-16-9-4-5-11-17(16)18/h1-12,19-20,26H,13-14,23H2,(H,24,27)(H,25,28)/t19-,20+/m1/s1. The molecule has 2 amide bonds. The van der Waals surface area contributed by atoms with Gasteiger partial charge in [-0.1, -0.05) is 66.7 Å². The van der Waals surface area contributed by atoms with Crippen LogP contribution in [0.25, 0.3) is 10.8 Å². The Kier molecular flexibility index (Phi) is 6.37. The monoisotopic (exact) mass is 377 g/mol. The van der Waals surface area contributed by atoms with Crippen LogP contribution in [0, 0.1) is 0 Å². The molecule has 3 aromatic rings. The highest BCUT2D eigenvalue weighted by Gasteiger charge is 2.23. The first-order chi connectivity index (χ1) is 13.6. The van der Waals surface area contributed by atoms with Crippen LogP contribution in [-0.2, 0) is 11.2 Å². The number of hydrazine groups is 1. The third kappa shape index (κ3) is 4.73. The average molecular weight is 377 g/mol. The van der Waals surface area contributed by atoms with Crippen molar-refractivity contribution in [1.29, 1.82) is 0 Å². The first kappa shape index (κ1) is 19.5. The van der Waals surface area contributed by atoms with Crippen LogP contribution in [-0.4, -0.2) is 29.1 Å². The lowest BCUT2D eigenvalue weighted by Gasteiger charge is -2.18. The number of nitrogens with two attached hydrogens (primary N) is 1. The summed E-state index contributed by atoms with van der Waals surface area (Å²) in [6, 6.07) is 21.8. The van der Waals surface area contributed by atoms with E-state index in [4.69, 9.17) is 5.73 Å². The lowest BCUT2D eigenvalue weighted by atomic mass is 10.0. The largest absolute Gasteiger partial charge is 0.382 e. The number of aryl methyl sites for hydroxylation is 1. The van der Waals surface area contributed by atoms with Crippen molar-refractivity contribution in [3.05, 3.63) is 83.9 Å². The van der Waals surface area contributed by atoms with Crippen LogP contribution in [0.2, 0.25) is 0 Å². The van der Waals surface area contributed by atoms with Crippen LogP contribution >= 0.6 is 0 Å². The van der Waals surface area contributed by atoms with Gasteiger partial charge in [-0.2, -0.15) is 0 Å². The van der Waals surface area contributed by atoms with Gasteiger partial charge in [0.2, 0.25) is 0 Å². The Morgan fingerprint density at radius 2 is 1.57 bits per heavy atom. The molecule has 6 nitrogen and oxygen atoms in total. The normalized spacial score (nSPS) is 12.9. The SMILES string of the molecule is N[C@H](CCc1ccccc1)[C@H](O)C(=O)NNC(=O)c1cccc2ccccc12. The number of hydrogen-bond donors (Lipinski definition) is 4. The lowest BCUT2D eigenvalue weighted by molar-refractivity contribution is -0.131. The van der Waals surface area contributed by atoms with E-state index >= 15 is 0 Å². The molecule has 0 bridgehead atoms. The van der Waals surface area contributed by atoms with Crippen LogP contribution in [0.15, 0.2) is 72.8 Å². The van der Waals surface area contributed by atoms with E-state index in [0.29, 0.717) is 18.4 Å². The summed E-state index contributed by atoms with van der Waals surface area (Å²) in [5.74, 6) is -1.20. The Labute approximate surface area is 163 Å². The molecule has 0 saturated heterocycles. The number of benzene rings is 3. The molecule has 5 N–H and O–H groups in total. The van der Waals surface area contributed by atoms with Gasteiger partial charge in [0, 0.05) is 11.6 Å². The van der Waals surface area contributed by atoms with Crippen LogP contribution in [0.3, 0.4) is 0 Å². The zero-order valence-corrected chi connectivity index (χ0v) is 15.3. The van der Waals surface area contributed by atoms with Crippen molar-refractivity contribution in [3.8, 4) is 0 Å². The smallest absolute Gasteiger partial charge is 0.270 e. The van der Waals surface area contributed by atoms with Gasteiger partial charge in [-0.3, -0.25) is 20.4 Å². The van der Waals surface area contributed by atoms with Gasteiger partial charge in [0.25, 0.3) is 11.8 Å². The molecule has 0 heterocycles. The van der Waals surface area contributed by atoms with E-state index in [9.17, 15) is 14.7 Å². The Morgan fingerprint density at radius 3 is 2.36 bits per heavy atom. The van der Waals surface area contributed by atoms with Gasteiger partial charge >= 0.3 is 0 Å². The summed E-state index contributed by atoms with van der Waals surface area (Å²) < 4.78 is 0. The number of rotatable bonds is 6. The third-order valence-electron chi connectivity index (χ3n) is 4.62. The second-order valence-electron chi connectivity index (χ2n) is 6.60. The van der Waals surface area contributed by atoms with E-state index in [0.717, 1.165) is 16.3 Å². The number of carbonyl (C=O) groups is 2. The van der Waals surface area contributed by atoms with Crippen molar-refractivity contribution in [1.82, 2.24) is 10.9 Å². The van der Waals surface area contributed by atoms with Gasteiger partial charge < -0.3 is 10.8 Å². The minimum atomic E-state index is -1.42. The fourth-order valence-corrected chi connectivity index (χ4v) is 3.01. The maximum Gasteiger partial charge on any atom is 0.270 e. The fourth-order valence-electron chi connectivity index (χ4n) is 3.01. The molecule has 0 aliphatic carbocycles. The Hall–Kier alpha value is -3.22. The van der Waals surface area contributed by atoms with Crippen LogP contribution in [0.4, 0.5) is 0 Å². The fraction of sp³-hybridized carbons (Fsp3) is 0.182. The number of aliphatic hydroxyl groups excluding tert-OH is 1. The minimum Gasteiger partial charge on any atom is -0.382 e. The van der Waals surface area contributed by atoms with Crippen molar-refractivity contribution in [2.75, 3.05) is 0 Å². The highest BCUT2D eigenvalue weighted by atomic mass is 16.3. The molecular formula is C22H23N3O3. The van der Waals surface area contributed by atoms with Gasteiger partial charge in [0.1, 0.15) is 6.10 Å². The van der Waals surface area contributed by atoms with Crippen molar-refractivity contribution in [3.63, 3.8) is 0 Å². The molecule has 3 aromatic carbocycles. The summed E-state index contributed by atoms with van der Waals surface area (Å²) in [4.78, 5) is 24.6. The molecule has 0 unspecified atom stereocenters. The summed E-state index contributed by atoms with van der Waals surface area (Å²) in [6.45, 7) is 0. The zero-order valence-electron chi connectivity index (χ0n) is 15.3. The molecule has 0 spiro atoms. The highest BCUT2D eigenvalue weighted by Crippen LogP contribution is 2.18. The minimum absolute atomic E-state index is 0.432.